The molecule has 0 unspecified atom stereocenters. The van der Waals surface area contributed by atoms with Crippen molar-refractivity contribution in [2.75, 3.05) is 0 Å². The molecular formula is C10H7BrOS. The van der Waals surface area contributed by atoms with Crippen molar-refractivity contribution < 1.29 is 4.79 Å². The van der Waals surface area contributed by atoms with Gasteiger partial charge in [-0.2, -0.15) is 0 Å². The highest BCUT2D eigenvalue weighted by Crippen LogP contribution is 2.28. The third-order valence-corrected chi connectivity index (χ3v) is 3.52. The van der Waals surface area contributed by atoms with Crippen LogP contribution in [0.1, 0.15) is 16.6 Å². The van der Waals surface area contributed by atoms with Crippen molar-refractivity contribution in [1.82, 2.24) is 0 Å². The maximum Gasteiger partial charge on any atom is 0.169 e. The van der Waals surface area contributed by atoms with Gasteiger partial charge in [0.05, 0.1) is 4.88 Å². The minimum atomic E-state index is 0.136. The van der Waals surface area contributed by atoms with E-state index in [4.69, 9.17) is 0 Å². The second kappa shape index (κ2) is 3.24. The summed E-state index contributed by atoms with van der Waals surface area (Å²) >= 11 is 4.94. The molecule has 1 aromatic carbocycles. The number of hydrogen-bond acceptors (Lipinski definition) is 2. The van der Waals surface area contributed by atoms with E-state index in [1.54, 1.807) is 6.92 Å². The molecule has 0 aliphatic carbocycles. The zero-order chi connectivity index (χ0) is 9.42. The van der Waals surface area contributed by atoms with Gasteiger partial charge in [-0.3, -0.25) is 4.79 Å². The second-order valence-corrected chi connectivity index (χ2v) is 4.85. The Morgan fingerprint density at radius 3 is 2.85 bits per heavy atom. The van der Waals surface area contributed by atoms with E-state index in [1.807, 2.05) is 24.3 Å². The van der Waals surface area contributed by atoms with Crippen LogP contribution in [0.3, 0.4) is 0 Å². The lowest BCUT2D eigenvalue weighted by atomic mass is 10.2. The lowest BCUT2D eigenvalue weighted by molar-refractivity contribution is 0.102. The van der Waals surface area contributed by atoms with E-state index in [1.165, 1.54) is 11.3 Å². The van der Waals surface area contributed by atoms with Crippen LogP contribution in [0.5, 0.6) is 0 Å². The number of Topliss-reactive ketones (excluding diaryl/α,β-unsaturated/α-hetero) is 1. The van der Waals surface area contributed by atoms with Crippen LogP contribution in [0.25, 0.3) is 10.1 Å². The lowest BCUT2D eigenvalue weighted by Crippen LogP contribution is -1.83. The minimum absolute atomic E-state index is 0.136. The summed E-state index contributed by atoms with van der Waals surface area (Å²) in [7, 11) is 0. The number of ketones is 1. The maximum atomic E-state index is 11.1. The van der Waals surface area contributed by atoms with Gasteiger partial charge in [-0.15, -0.1) is 11.3 Å². The Hall–Kier alpha value is -0.670. The molecule has 2 rings (SSSR count). The van der Waals surface area contributed by atoms with Crippen LogP contribution in [-0.4, -0.2) is 5.78 Å². The fourth-order valence-corrected chi connectivity index (χ4v) is 2.69. The molecule has 0 aliphatic rings. The fourth-order valence-electron chi connectivity index (χ4n) is 1.18. The smallest absolute Gasteiger partial charge is 0.169 e. The van der Waals surface area contributed by atoms with E-state index in [-0.39, 0.29) is 5.78 Å². The first-order valence-corrected chi connectivity index (χ1v) is 5.48. The molecule has 0 saturated heterocycles. The molecule has 0 N–H and O–H groups in total. The van der Waals surface area contributed by atoms with E-state index in [2.05, 4.69) is 15.9 Å². The van der Waals surface area contributed by atoms with Crippen molar-refractivity contribution in [2.45, 2.75) is 6.92 Å². The van der Waals surface area contributed by atoms with Gasteiger partial charge in [0.25, 0.3) is 0 Å². The molecular weight excluding hydrogens is 248 g/mol. The van der Waals surface area contributed by atoms with Gasteiger partial charge in [-0.25, -0.2) is 0 Å². The minimum Gasteiger partial charge on any atom is -0.294 e. The van der Waals surface area contributed by atoms with Crippen molar-refractivity contribution in [3.05, 3.63) is 33.6 Å². The molecule has 0 bridgehead atoms. The molecule has 1 aromatic heterocycles. The summed E-state index contributed by atoms with van der Waals surface area (Å²) in [5.41, 5.74) is 0. The van der Waals surface area contributed by atoms with Crippen molar-refractivity contribution in [3.8, 4) is 0 Å². The van der Waals surface area contributed by atoms with Gasteiger partial charge in [0, 0.05) is 9.17 Å². The molecule has 3 heteroatoms. The number of benzene rings is 1. The molecule has 66 valence electrons. The topological polar surface area (TPSA) is 17.1 Å². The molecule has 0 spiro atoms. The zero-order valence-electron chi connectivity index (χ0n) is 7.00. The molecule has 0 amide bonds. The number of rotatable bonds is 1. The van der Waals surface area contributed by atoms with E-state index in [0.717, 1.165) is 19.4 Å². The molecule has 1 heterocycles. The Morgan fingerprint density at radius 1 is 1.38 bits per heavy atom. The molecule has 0 atom stereocenters. The highest BCUT2D eigenvalue weighted by atomic mass is 79.9. The highest BCUT2D eigenvalue weighted by Gasteiger charge is 2.05. The van der Waals surface area contributed by atoms with Crippen molar-refractivity contribution in [2.24, 2.45) is 0 Å². The third kappa shape index (κ3) is 1.67. The Balaban J connectivity index is 2.68. The van der Waals surface area contributed by atoms with Crippen LogP contribution in [0.15, 0.2) is 28.7 Å². The summed E-state index contributed by atoms with van der Waals surface area (Å²) in [4.78, 5) is 11.9. The predicted octanol–water partition coefficient (Wildman–Crippen LogP) is 3.87. The summed E-state index contributed by atoms with van der Waals surface area (Å²) in [6.45, 7) is 1.60. The van der Waals surface area contributed by atoms with Crippen LogP contribution < -0.4 is 0 Å². The number of fused-ring (bicyclic) bond motifs is 1. The Bertz CT molecular complexity index is 473. The lowest BCUT2D eigenvalue weighted by Gasteiger charge is -1.88. The average Bonchev–Trinajstić information content (AvgIpc) is 2.46. The van der Waals surface area contributed by atoms with Gasteiger partial charge in [-0.05, 0) is 30.5 Å². The molecule has 1 nitrogen and oxygen atoms in total. The van der Waals surface area contributed by atoms with Crippen LogP contribution in [-0.2, 0) is 0 Å². The summed E-state index contributed by atoms with van der Waals surface area (Å²) in [5.74, 6) is 0.136. The summed E-state index contributed by atoms with van der Waals surface area (Å²) in [6, 6.07) is 7.97. The Morgan fingerprint density at radius 2 is 2.15 bits per heavy atom. The van der Waals surface area contributed by atoms with Crippen molar-refractivity contribution in [3.63, 3.8) is 0 Å². The number of hydrogen-bond donors (Lipinski definition) is 0. The zero-order valence-corrected chi connectivity index (χ0v) is 9.41. The molecule has 2 aromatic rings. The quantitative estimate of drug-likeness (QED) is 0.707. The van der Waals surface area contributed by atoms with Crippen molar-refractivity contribution in [1.29, 1.82) is 0 Å². The maximum absolute atomic E-state index is 11.1. The standard InChI is InChI=1S/C10H7BrOS/c1-6(12)9-4-7-2-3-8(11)5-10(7)13-9/h2-5H,1H3. The monoisotopic (exact) mass is 254 g/mol. The van der Waals surface area contributed by atoms with E-state index in [9.17, 15) is 4.79 Å². The number of carbonyl (C=O) groups excluding carboxylic acids is 1. The summed E-state index contributed by atoms with van der Waals surface area (Å²) in [6.07, 6.45) is 0. The largest absolute Gasteiger partial charge is 0.294 e. The molecule has 13 heavy (non-hydrogen) atoms. The fraction of sp³-hybridized carbons (Fsp3) is 0.100. The predicted molar refractivity (Wildman–Crippen MR) is 59.5 cm³/mol. The van der Waals surface area contributed by atoms with Gasteiger partial charge in [-0.1, -0.05) is 22.0 Å². The van der Waals surface area contributed by atoms with Crippen LogP contribution in [0.2, 0.25) is 0 Å². The summed E-state index contributed by atoms with van der Waals surface area (Å²) in [5, 5.41) is 1.14. The highest BCUT2D eigenvalue weighted by molar-refractivity contribution is 9.10. The Labute approximate surface area is 88.5 Å². The molecule has 0 saturated carbocycles. The molecule has 0 fully saturated rings. The van der Waals surface area contributed by atoms with E-state index >= 15 is 0 Å². The van der Waals surface area contributed by atoms with Gasteiger partial charge in [0.1, 0.15) is 0 Å². The SMILES string of the molecule is CC(=O)c1cc2ccc(Br)cc2s1. The third-order valence-electron chi connectivity index (χ3n) is 1.83. The van der Waals surface area contributed by atoms with E-state index in [0.29, 0.717) is 0 Å². The number of thiophene rings is 1. The molecule has 0 radical (unpaired) electrons. The number of halogens is 1. The second-order valence-electron chi connectivity index (χ2n) is 2.85. The van der Waals surface area contributed by atoms with Gasteiger partial charge in [0.15, 0.2) is 5.78 Å². The average molecular weight is 255 g/mol. The van der Waals surface area contributed by atoms with Crippen LogP contribution in [0.4, 0.5) is 0 Å². The molecule has 0 aliphatic heterocycles. The first kappa shape index (κ1) is 8.91. The van der Waals surface area contributed by atoms with Gasteiger partial charge < -0.3 is 0 Å². The normalized spacial score (nSPS) is 10.6. The van der Waals surface area contributed by atoms with Crippen molar-refractivity contribution >= 4 is 43.1 Å². The first-order valence-electron chi connectivity index (χ1n) is 3.87. The number of carbonyl (C=O) groups is 1. The van der Waals surface area contributed by atoms with Crippen LogP contribution >= 0.6 is 27.3 Å². The van der Waals surface area contributed by atoms with Gasteiger partial charge in [0.2, 0.25) is 0 Å². The van der Waals surface area contributed by atoms with Crippen LogP contribution in [0, 0.1) is 0 Å². The first-order chi connectivity index (χ1) is 6.16. The Kier molecular flexibility index (Phi) is 2.22. The van der Waals surface area contributed by atoms with E-state index < -0.39 is 0 Å². The van der Waals surface area contributed by atoms with Gasteiger partial charge >= 0.3 is 0 Å². The summed E-state index contributed by atoms with van der Waals surface area (Å²) < 4.78 is 2.21.